The molecule has 2 aromatic rings. The fourth-order valence-corrected chi connectivity index (χ4v) is 2.24. The summed E-state index contributed by atoms with van der Waals surface area (Å²) < 4.78 is 12.9. The van der Waals surface area contributed by atoms with Gasteiger partial charge in [0.2, 0.25) is 0 Å². The minimum Gasteiger partial charge on any atom is -0.377 e. The van der Waals surface area contributed by atoms with Crippen molar-refractivity contribution in [2.24, 2.45) is 5.73 Å². The van der Waals surface area contributed by atoms with Crippen molar-refractivity contribution in [3.05, 3.63) is 65.0 Å². The Morgan fingerprint density at radius 3 is 2.16 bits per heavy atom. The Hall–Kier alpha value is -1.87. The van der Waals surface area contributed by atoms with E-state index in [0.29, 0.717) is 6.54 Å². The number of benzene rings is 2. The quantitative estimate of drug-likeness (QED) is 0.880. The first-order chi connectivity index (χ1) is 9.08. The Morgan fingerprint density at radius 1 is 1.05 bits per heavy atom. The number of nitrogens with two attached hydrogens (primary N) is 1. The van der Waals surface area contributed by atoms with Gasteiger partial charge in [-0.25, -0.2) is 4.39 Å². The molecule has 0 bridgehead atoms. The van der Waals surface area contributed by atoms with Gasteiger partial charge in [-0.1, -0.05) is 29.3 Å². The minimum atomic E-state index is -0.235. The van der Waals surface area contributed by atoms with Crippen LogP contribution < -0.4 is 11.1 Å². The second-order valence-corrected chi connectivity index (χ2v) is 4.86. The second-order valence-electron chi connectivity index (χ2n) is 4.86. The molecule has 2 aromatic carbocycles. The van der Waals surface area contributed by atoms with Crippen molar-refractivity contribution in [1.29, 1.82) is 0 Å². The van der Waals surface area contributed by atoms with Crippen LogP contribution in [0.3, 0.4) is 0 Å². The number of anilines is 1. The van der Waals surface area contributed by atoms with Crippen molar-refractivity contribution in [3.8, 4) is 0 Å². The Balaban J connectivity index is 2.22. The standard InChI is InChI=1S/C16H19FN2/c1-11-7-12(2)9-13(8-11)16(10-18)19-15-5-3-14(17)4-6-15/h3-9,16,19H,10,18H2,1-2H3. The lowest BCUT2D eigenvalue weighted by atomic mass is 10.0. The van der Waals surface area contributed by atoms with E-state index in [4.69, 9.17) is 5.73 Å². The van der Waals surface area contributed by atoms with E-state index < -0.39 is 0 Å². The normalized spacial score (nSPS) is 12.2. The van der Waals surface area contributed by atoms with E-state index in [2.05, 4.69) is 37.4 Å². The van der Waals surface area contributed by atoms with Crippen molar-refractivity contribution in [2.75, 3.05) is 11.9 Å². The van der Waals surface area contributed by atoms with Gasteiger partial charge < -0.3 is 11.1 Å². The summed E-state index contributed by atoms with van der Waals surface area (Å²) in [6.07, 6.45) is 0. The molecule has 0 saturated carbocycles. The maximum absolute atomic E-state index is 12.9. The Morgan fingerprint density at radius 2 is 1.63 bits per heavy atom. The molecule has 0 radical (unpaired) electrons. The summed E-state index contributed by atoms with van der Waals surface area (Å²) in [6.45, 7) is 4.63. The molecule has 3 heteroatoms. The van der Waals surface area contributed by atoms with Gasteiger partial charge in [-0.15, -0.1) is 0 Å². The van der Waals surface area contributed by atoms with Gasteiger partial charge in [0, 0.05) is 12.2 Å². The van der Waals surface area contributed by atoms with Crippen LogP contribution in [0.2, 0.25) is 0 Å². The zero-order valence-electron chi connectivity index (χ0n) is 11.3. The molecule has 0 aliphatic carbocycles. The molecule has 0 heterocycles. The third kappa shape index (κ3) is 3.55. The summed E-state index contributed by atoms with van der Waals surface area (Å²) in [6, 6.07) is 12.7. The first kappa shape index (κ1) is 13.6. The molecule has 3 N–H and O–H groups in total. The van der Waals surface area contributed by atoms with Crippen LogP contribution >= 0.6 is 0 Å². The van der Waals surface area contributed by atoms with Crippen LogP contribution in [0.25, 0.3) is 0 Å². The first-order valence-corrected chi connectivity index (χ1v) is 6.39. The summed E-state index contributed by atoms with van der Waals surface area (Å²) in [7, 11) is 0. The number of halogens is 1. The van der Waals surface area contributed by atoms with Crippen molar-refractivity contribution >= 4 is 5.69 Å². The third-order valence-corrected chi connectivity index (χ3v) is 3.07. The number of hydrogen-bond acceptors (Lipinski definition) is 2. The fourth-order valence-electron chi connectivity index (χ4n) is 2.24. The summed E-state index contributed by atoms with van der Waals surface area (Å²) in [5.41, 5.74) is 10.3. The molecule has 2 rings (SSSR count). The second kappa shape index (κ2) is 5.85. The Kier molecular flexibility index (Phi) is 4.17. The molecule has 1 atom stereocenters. The molecule has 19 heavy (non-hydrogen) atoms. The monoisotopic (exact) mass is 258 g/mol. The van der Waals surface area contributed by atoms with Gasteiger partial charge in [0.25, 0.3) is 0 Å². The highest BCUT2D eigenvalue weighted by atomic mass is 19.1. The molecule has 2 nitrogen and oxygen atoms in total. The lowest BCUT2D eigenvalue weighted by molar-refractivity contribution is 0.628. The SMILES string of the molecule is Cc1cc(C)cc(C(CN)Nc2ccc(F)cc2)c1. The third-order valence-electron chi connectivity index (χ3n) is 3.07. The van der Waals surface area contributed by atoms with E-state index >= 15 is 0 Å². The van der Waals surface area contributed by atoms with E-state index in [1.54, 1.807) is 12.1 Å². The molecule has 100 valence electrons. The van der Waals surface area contributed by atoms with Crippen molar-refractivity contribution in [2.45, 2.75) is 19.9 Å². The van der Waals surface area contributed by atoms with E-state index in [9.17, 15) is 4.39 Å². The van der Waals surface area contributed by atoms with Crippen LogP contribution in [0.1, 0.15) is 22.7 Å². The summed E-state index contributed by atoms with van der Waals surface area (Å²) in [5, 5.41) is 3.33. The number of nitrogens with one attached hydrogen (secondary N) is 1. The molecule has 0 saturated heterocycles. The van der Waals surface area contributed by atoms with Crippen LogP contribution in [0.5, 0.6) is 0 Å². The Bertz CT molecular complexity index is 529. The van der Waals surface area contributed by atoms with Gasteiger partial charge in [0.1, 0.15) is 5.82 Å². The number of hydrogen-bond donors (Lipinski definition) is 2. The van der Waals surface area contributed by atoms with Crippen LogP contribution in [-0.4, -0.2) is 6.54 Å². The van der Waals surface area contributed by atoms with Gasteiger partial charge in [-0.05, 0) is 43.7 Å². The lowest BCUT2D eigenvalue weighted by Crippen LogP contribution is -2.20. The molecule has 1 unspecified atom stereocenters. The predicted molar refractivity (Wildman–Crippen MR) is 77.7 cm³/mol. The summed E-state index contributed by atoms with van der Waals surface area (Å²) in [4.78, 5) is 0. The largest absolute Gasteiger partial charge is 0.377 e. The molecule has 0 amide bonds. The molecule has 0 spiro atoms. The molecule has 0 aliphatic rings. The maximum Gasteiger partial charge on any atom is 0.123 e. The number of rotatable bonds is 4. The van der Waals surface area contributed by atoms with Gasteiger partial charge in [0.05, 0.1) is 6.04 Å². The summed E-state index contributed by atoms with van der Waals surface area (Å²) in [5.74, 6) is -0.235. The maximum atomic E-state index is 12.9. The Labute approximate surface area is 113 Å². The van der Waals surface area contributed by atoms with E-state index in [1.165, 1.54) is 23.3 Å². The molecule has 0 aliphatic heterocycles. The van der Waals surface area contributed by atoms with Gasteiger partial charge in [0.15, 0.2) is 0 Å². The van der Waals surface area contributed by atoms with Gasteiger partial charge in [-0.3, -0.25) is 0 Å². The van der Waals surface area contributed by atoms with Gasteiger partial charge in [-0.2, -0.15) is 0 Å². The average Bonchev–Trinajstić information content (AvgIpc) is 2.37. The highest BCUT2D eigenvalue weighted by Crippen LogP contribution is 2.21. The van der Waals surface area contributed by atoms with E-state index in [1.807, 2.05) is 0 Å². The smallest absolute Gasteiger partial charge is 0.123 e. The number of aryl methyl sites for hydroxylation is 2. The molecular formula is C16H19FN2. The minimum absolute atomic E-state index is 0.0315. The van der Waals surface area contributed by atoms with Crippen molar-refractivity contribution in [1.82, 2.24) is 0 Å². The summed E-state index contributed by atoms with van der Waals surface area (Å²) >= 11 is 0. The van der Waals surface area contributed by atoms with E-state index in [-0.39, 0.29) is 11.9 Å². The van der Waals surface area contributed by atoms with Crippen LogP contribution in [0.15, 0.2) is 42.5 Å². The highest BCUT2D eigenvalue weighted by Gasteiger charge is 2.10. The highest BCUT2D eigenvalue weighted by molar-refractivity contribution is 5.46. The zero-order chi connectivity index (χ0) is 13.8. The van der Waals surface area contributed by atoms with Crippen LogP contribution in [0, 0.1) is 19.7 Å². The van der Waals surface area contributed by atoms with Crippen LogP contribution in [0.4, 0.5) is 10.1 Å². The average molecular weight is 258 g/mol. The molecule has 0 fully saturated rings. The van der Waals surface area contributed by atoms with Crippen LogP contribution in [-0.2, 0) is 0 Å². The lowest BCUT2D eigenvalue weighted by Gasteiger charge is -2.19. The predicted octanol–water partition coefficient (Wildman–Crippen LogP) is 3.55. The van der Waals surface area contributed by atoms with Crippen molar-refractivity contribution < 1.29 is 4.39 Å². The van der Waals surface area contributed by atoms with Gasteiger partial charge >= 0.3 is 0 Å². The first-order valence-electron chi connectivity index (χ1n) is 6.39. The van der Waals surface area contributed by atoms with Crippen molar-refractivity contribution in [3.63, 3.8) is 0 Å². The zero-order valence-corrected chi connectivity index (χ0v) is 11.3. The molecular weight excluding hydrogens is 239 g/mol. The van der Waals surface area contributed by atoms with E-state index in [0.717, 1.165) is 11.3 Å². The topological polar surface area (TPSA) is 38.0 Å². The molecule has 0 aromatic heterocycles. The fraction of sp³-hybridized carbons (Fsp3) is 0.250.